The van der Waals surface area contributed by atoms with E-state index in [1.165, 1.54) is 6.07 Å². The lowest BCUT2D eigenvalue weighted by atomic mass is 10.0. The van der Waals surface area contributed by atoms with Crippen molar-refractivity contribution in [2.75, 3.05) is 0 Å². The van der Waals surface area contributed by atoms with Crippen molar-refractivity contribution in [1.29, 1.82) is 0 Å². The van der Waals surface area contributed by atoms with E-state index < -0.39 is 11.9 Å². The molecule has 27 heavy (non-hydrogen) atoms. The summed E-state index contributed by atoms with van der Waals surface area (Å²) in [5.41, 5.74) is 0.293. The van der Waals surface area contributed by atoms with Crippen molar-refractivity contribution >= 4 is 33.5 Å². The first-order valence-corrected chi connectivity index (χ1v) is 8.13. The van der Waals surface area contributed by atoms with E-state index >= 15 is 0 Å². The predicted molar refractivity (Wildman–Crippen MR) is 103 cm³/mol. The van der Waals surface area contributed by atoms with Crippen LogP contribution < -0.4 is 0 Å². The Morgan fingerprint density at radius 3 is 1.89 bits per heavy atom. The van der Waals surface area contributed by atoms with Gasteiger partial charge in [0.15, 0.2) is 0 Å². The Balaban J connectivity index is 0.000000156. The second kappa shape index (κ2) is 7.58. The van der Waals surface area contributed by atoms with Gasteiger partial charge < -0.3 is 15.3 Å². The van der Waals surface area contributed by atoms with E-state index in [-0.39, 0.29) is 11.3 Å². The van der Waals surface area contributed by atoms with Gasteiger partial charge in [-0.2, -0.15) is 0 Å². The minimum Gasteiger partial charge on any atom is -0.507 e. The summed E-state index contributed by atoms with van der Waals surface area (Å²) < 4.78 is 0. The number of carboxylic acid groups (broad SMARTS) is 2. The summed E-state index contributed by atoms with van der Waals surface area (Å²) in [4.78, 5) is 21.5. The van der Waals surface area contributed by atoms with E-state index in [0.29, 0.717) is 10.9 Å². The third-order valence-corrected chi connectivity index (χ3v) is 4.12. The molecule has 4 aromatic rings. The fourth-order valence-electron chi connectivity index (χ4n) is 2.81. The Hall–Kier alpha value is -3.86. The van der Waals surface area contributed by atoms with Crippen molar-refractivity contribution < 1.29 is 24.9 Å². The number of carbonyl (C=O) groups is 2. The molecule has 0 saturated heterocycles. The van der Waals surface area contributed by atoms with Gasteiger partial charge >= 0.3 is 11.9 Å². The minimum absolute atomic E-state index is 0.0388. The highest BCUT2D eigenvalue weighted by molar-refractivity contribution is 6.06. The summed E-state index contributed by atoms with van der Waals surface area (Å²) in [6, 6.07) is 22.9. The van der Waals surface area contributed by atoms with Gasteiger partial charge in [0.25, 0.3) is 0 Å². The second-order valence-corrected chi connectivity index (χ2v) is 5.85. The summed E-state index contributed by atoms with van der Waals surface area (Å²) in [7, 11) is 0. The van der Waals surface area contributed by atoms with Crippen molar-refractivity contribution in [2.24, 2.45) is 0 Å². The average molecular weight is 360 g/mol. The van der Waals surface area contributed by atoms with E-state index in [2.05, 4.69) is 0 Å². The maximum absolute atomic E-state index is 10.9. The van der Waals surface area contributed by atoms with E-state index in [0.717, 1.165) is 16.2 Å². The minimum atomic E-state index is -1.11. The Bertz CT molecular complexity index is 1150. The molecule has 134 valence electrons. The number of hydrogen-bond acceptors (Lipinski definition) is 3. The molecule has 0 unspecified atom stereocenters. The van der Waals surface area contributed by atoms with Crippen LogP contribution >= 0.6 is 0 Å². The van der Waals surface area contributed by atoms with Crippen molar-refractivity contribution in [3.8, 4) is 5.75 Å². The topological polar surface area (TPSA) is 94.8 Å². The lowest BCUT2D eigenvalue weighted by molar-refractivity contribution is 0.0685. The van der Waals surface area contributed by atoms with Gasteiger partial charge in [-0.3, -0.25) is 0 Å². The van der Waals surface area contributed by atoms with Gasteiger partial charge in [-0.15, -0.1) is 0 Å². The summed E-state index contributed by atoms with van der Waals surface area (Å²) >= 11 is 0. The molecule has 0 aliphatic carbocycles. The molecule has 0 atom stereocenters. The molecule has 0 aliphatic rings. The van der Waals surface area contributed by atoms with Crippen molar-refractivity contribution in [1.82, 2.24) is 0 Å². The van der Waals surface area contributed by atoms with Crippen LogP contribution in [0.5, 0.6) is 5.75 Å². The molecular weight excluding hydrogens is 344 g/mol. The molecule has 3 N–H and O–H groups in total. The molecule has 5 nitrogen and oxygen atoms in total. The first-order valence-electron chi connectivity index (χ1n) is 8.13. The molecule has 0 amide bonds. The van der Waals surface area contributed by atoms with Crippen LogP contribution in [0.15, 0.2) is 78.9 Å². The molecule has 0 fully saturated rings. The van der Waals surface area contributed by atoms with Crippen LogP contribution in [0.25, 0.3) is 21.5 Å². The Labute approximate surface area is 154 Å². The zero-order valence-electron chi connectivity index (χ0n) is 14.2. The van der Waals surface area contributed by atoms with E-state index in [1.807, 2.05) is 36.4 Å². The second-order valence-electron chi connectivity index (χ2n) is 5.85. The van der Waals surface area contributed by atoms with Gasteiger partial charge in [0, 0.05) is 0 Å². The highest BCUT2D eigenvalue weighted by atomic mass is 16.4. The van der Waals surface area contributed by atoms with Gasteiger partial charge in [0.1, 0.15) is 11.3 Å². The number of hydrogen-bond donors (Lipinski definition) is 3. The number of aromatic carboxylic acids is 2. The first-order chi connectivity index (χ1) is 13.0. The van der Waals surface area contributed by atoms with Gasteiger partial charge in [-0.25, -0.2) is 9.59 Å². The Kier molecular flexibility index (Phi) is 5.04. The third-order valence-electron chi connectivity index (χ3n) is 4.12. The molecular formula is C22H16O5. The maximum atomic E-state index is 10.9. The maximum Gasteiger partial charge on any atom is 0.340 e. The summed E-state index contributed by atoms with van der Waals surface area (Å²) in [6.45, 7) is 0. The zero-order valence-corrected chi connectivity index (χ0v) is 14.2. The quantitative estimate of drug-likeness (QED) is 0.478. The van der Waals surface area contributed by atoms with Gasteiger partial charge in [0.05, 0.1) is 5.56 Å². The van der Waals surface area contributed by atoms with Crippen molar-refractivity contribution in [3.05, 3.63) is 90.0 Å². The summed E-state index contributed by atoms with van der Waals surface area (Å²) in [5.74, 6) is -2.19. The predicted octanol–water partition coefficient (Wildman–Crippen LogP) is 4.78. The standard InChI is InChI=1S/C11H8O3.C11H8O2/c12-9-6-5-7-3-1-2-4-8(7)10(9)11(13)14;12-11(13)10-6-5-8-3-1-2-4-9(8)7-10/h1-6,12H,(H,13,14);1-7H,(H,12,13). The molecule has 0 saturated carbocycles. The molecule has 0 heterocycles. The molecule has 5 heteroatoms. The van der Waals surface area contributed by atoms with Crippen LogP contribution in [-0.2, 0) is 0 Å². The van der Waals surface area contributed by atoms with E-state index in [9.17, 15) is 14.7 Å². The van der Waals surface area contributed by atoms with Crippen LogP contribution in [0.3, 0.4) is 0 Å². The Morgan fingerprint density at radius 1 is 0.630 bits per heavy atom. The highest BCUT2D eigenvalue weighted by Gasteiger charge is 2.12. The smallest absolute Gasteiger partial charge is 0.340 e. The van der Waals surface area contributed by atoms with Gasteiger partial charge in [-0.1, -0.05) is 60.7 Å². The van der Waals surface area contributed by atoms with Crippen molar-refractivity contribution in [3.63, 3.8) is 0 Å². The monoisotopic (exact) mass is 360 g/mol. The number of benzene rings is 4. The molecule has 0 bridgehead atoms. The number of phenols is 1. The molecule has 0 aliphatic heterocycles. The lowest BCUT2D eigenvalue weighted by Gasteiger charge is -2.03. The Morgan fingerprint density at radius 2 is 1.22 bits per heavy atom. The SMILES string of the molecule is O=C(O)c1c(O)ccc2ccccc12.O=C(O)c1ccc2ccccc2c1. The zero-order chi connectivity index (χ0) is 19.4. The number of carboxylic acids is 2. The fraction of sp³-hybridized carbons (Fsp3) is 0. The number of aromatic hydroxyl groups is 1. The summed E-state index contributed by atoms with van der Waals surface area (Å²) in [6.07, 6.45) is 0. The van der Waals surface area contributed by atoms with Gasteiger partial charge in [-0.05, 0) is 39.7 Å². The lowest BCUT2D eigenvalue weighted by Crippen LogP contribution is -1.97. The normalized spacial score (nSPS) is 10.2. The van der Waals surface area contributed by atoms with Crippen LogP contribution in [0, 0.1) is 0 Å². The summed E-state index contributed by atoms with van der Waals surface area (Å²) in [5, 5.41) is 30.4. The van der Waals surface area contributed by atoms with E-state index in [4.69, 9.17) is 10.2 Å². The molecule has 0 spiro atoms. The molecule has 0 aromatic heterocycles. The van der Waals surface area contributed by atoms with Crippen LogP contribution in [-0.4, -0.2) is 27.3 Å². The molecule has 4 aromatic carbocycles. The number of fused-ring (bicyclic) bond motifs is 2. The average Bonchev–Trinajstić information content (AvgIpc) is 2.67. The molecule has 0 radical (unpaired) electrons. The highest BCUT2D eigenvalue weighted by Crippen LogP contribution is 2.26. The van der Waals surface area contributed by atoms with E-state index in [1.54, 1.807) is 36.4 Å². The number of rotatable bonds is 2. The van der Waals surface area contributed by atoms with Crippen LogP contribution in [0.4, 0.5) is 0 Å². The van der Waals surface area contributed by atoms with Gasteiger partial charge in [0.2, 0.25) is 0 Å². The van der Waals surface area contributed by atoms with Crippen molar-refractivity contribution in [2.45, 2.75) is 0 Å². The largest absolute Gasteiger partial charge is 0.507 e. The fourth-order valence-corrected chi connectivity index (χ4v) is 2.81. The van der Waals surface area contributed by atoms with Crippen LogP contribution in [0.1, 0.15) is 20.7 Å². The molecule has 4 rings (SSSR count). The van der Waals surface area contributed by atoms with Crippen LogP contribution in [0.2, 0.25) is 0 Å². The third kappa shape index (κ3) is 3.88. The first kappa shape index (κ1) is 17.9.